The molecule has 12 aromatic rings. The number of para-hydroxylation sites is 2. The van der Waals surface area contributed by atoms with Crippen LogP contribution in [-0.2, 0) is 0 Å². The summed E-state index contributed by atoms with van der Waals surface area (Å²) in [4.78, 5) is 20.4. The molecule has 0 aliphatic heterocycles. The highest BCUT2D eigenvalue weighted by Crippen LogP contribution is 2.44. The van der Waals surface area contributed by atoms with Gasteiger partial charge in [0.15, 0.2) is 23.1 Å². The summed E-state index contributed by atoms with van der Waals surface area (Å²) in [7, 11) is 0. The zero-order chi connectivity index (χ0) is 38.9. The van der Waals surface area contributed by atoms with Gasteiger partial charge in [0.25, 0.3) is 0 Å². The second-order valence-electron chi connectivity index (χ2n) is 14.9. The Labute approximate surface area is 338 Å². The second-order valence-corrected chi connectivity index (χ2v) is 14.9. The minimum absolute atomic E-state index is 0.616. The number of aromatic nitrogens is 4. The van der Waals surface area contributed by atoms with Crippen molar-refractivity contribution < 1.29 is 4.42 Å². The smallest absolute Gasteiger partial charge is 0.164 e. The van der Waals surface area contributed by atoms with Crippen molar-refractivity contribution in [1.82, 2.24) is 19.9 Å². The molecule has 0 atom stereocenters. The van der Waals surface area contributed by atoms with Crippen molar-refractivity contribution in [2.24, 2.45) is 0 Å². The number of hydrogen-bond donors (Lipinski definition) is 0. The quantitative estimate of drug-likeness (QED) is 0.164. The Balaban J connectivity index is 1.05. The van der Waals surface area contributed by atoms with Crippen LogP contribution in [-0.4, -0.2) is 19.9 Å². The summed E-state index contributed by atoms with van der Waals surface area (Å²) in [6, 6.07) is 67.4. The summed E-state index contributed by atoms with van der Waals surface area (Å²) in [5.74, 6) is 1.89. The molecule has 0 spiro atoms. The molecule has 0 saturated carbocycles. The van der Waals surface area contributed by atoms with Gasteiger partial charge in [-0.3, -0.25) is 0 Å². The zero-order valence-corrected chi connectivity index (χ0v) is 31.7. The Bertz CT molecular complexity index is 3500. The summed E-state index contributed by atoms with van der Waals surface area (Å²) in [5, 5.41) is 10.5. The van der Waals surface area contributed by atoms with Gasteiger partial charge in [-0.05, 0) is 50.0 Å². The van der Waals surface area contributed by atoms with Crippen molar-refractivity contribution in [2.45, 2.75) is 0 Å². The Morgan fingerprint density at radius 2 is 0.763 bits per heavy atom. The van der Waals surface area contributed by atoms with Crippen LogP contribution < -0.4 is 0 Å². The predicted molar refractivity (Wildman–Crippen MR) is 242 cm³/mol. The van der Waals surface area contributed by atoms with Crippen LogP contribution in [0.5, 0.6) is 0 Å². The molecule has 3 heterocycles. The van der Waals surface area contributed by atoms with E-state index in [9.17, 15) is 0 Å². The van der Waals surface area contributed by atoms with E-state index in [1.54, 1.807) is 0 Å². The van der Waals surface area contributed by atoms with E-state index in [1.165, 1.54) is 32.3 Å². The molecule has 0 radical (unpaired) electrons. The zero-order valence-electron chi connectivity index (χ0n) is 31.7. The first-order valence-corrected chi connectivity index (χ1v) is 19.8. The molecule has 59 heavy (non-hydrogen) atoms. The third-order valence-electron chi connectivity index (χ3n) is 11.5. The Morgan fingerprint density at radius 3 is 1.37 bits per heavy atom. The lowest BCUT2D eigenvalue weighted by molar-refractivity contribution is 0.669. The van der Waals surface area contributed by atoms with Crippen LogP contribution in [0.25, 0.3) is 122 Å². The third kappa shape index (κ3) is 5.40. The molecule has 12 rings (SSSR count). The highest BCUT2D eigenvalue weighted by Gasteiger charge is 2.21. The van der Waals surface area contributed by atoms with Crippen LogP contribution >= 0.6 is 0 Å². The van der Waals surface area contributed by atoms with Crippen molar-refractivity contribution in [3.05, 3.63) is 194 Å². The monoisotopic (exact) mass is 752 g/mol. The minimum Gasteiger partial charge on any atom is -0.454 e. The fourth-order valence-electron chi connectivity index (χ4n) is 8.73. The minimum atomic E-state index is 0.616. The maximum atomic E-state index is 6.73. The van der Waals surface area contributed by atoms with E-state index < -0.39 is 0 Å². The maximum Gasteiger partial charge on any atom is 0.164 e. The molecule has 0 unspecified atom stereocenters. The van der Waals surface area contributed by atoms with E-state index in [2.05, 4.69) is 121 Å². The maximum absolute atomic E-state index is 6.73. The number of fused-ring (bicyclic) bond motifs is 11. The molecule has 274 valence electrons. The molecule has 0 saturated heterocycles. The average Bonchev–Trinajstić information content (AvgIpc) is 3.72. The molecule has 9 aromatic carbocycles. The molecule has 0 fully saturated rings. The number of hydrogen-bond acceptors (Lipinski definition) is 5. The number of furan rings is 1. The van der Waals surface area contributed by atoms with Gasteiger partial charge in [-0.25, -0.2) is 19.9 Å². The molecule has 0 bridgehead atoms. The van der Waals surface area contributed by atoms with E-state index in [-0.39, 0.29) is 0 Å². The lowest BCUT2D eigenvalue weighted by atomic mass is 9.92. The molecule has 0 aliphatic carbocycles. The van der Waals surface area contributed by atoms with Crippen molar-refractivity contribution in [1.29, 1.82) is 0 Å². The number of rotatable bonds is 5. The first kappa shape index (κ1) is 33.2. The van der Waals surface area contributed by atoms with Crippen LogP contribution in [0.15, 0.2) is 199 Å². The topological polar surface area (TPSA) is 64.7 Å². The number of nitrogens with zero attached hydrogens (tertiary/aromatic N) is 4. The third-order valence-corrected chi connectivity index (χ3v) is 11.5. The van der Waals surface area contributed by atoms with Gasteiger partial charge in [0, 0.05) is 44.0 Å². The predicted octanol–water partition coefficient (Wildman–Crippen LogP) is 14.1. The lowest BCUT2D eigenvalue weighted by Crippen LogP contribution is -2.00. The van der Waals surface area contributed by atoms with Crippen LogP contribution in [0.4, 0.5) is 0 Å². The van der Waals surface area contributed by atoms with Crippen LogP contribution in [0, 0.1) is 0 Å². The molecule has 3 aromatic heterocycles. The molecular weight excluding hydrogens is 721 g/mol. The van der Waals surface area contributed by atoms with Crippen molar-refractivity contribution in [3.8, 4) is 56.5 Å². The van der Waals surface area contributed by atoms with Crippen molar-refractivity contribution in [3.63, 3.8) is 0 Å². The van der Waals surface area contributed by atoms with Gasteiger partial charge in [0.1, 0.15) is 11.3 Å². The van der Waals surface area contributed by atoms with Crippen LogP contribution in [0.2, 0.25) is 0 Å². The summed E-state index contributed by atoms with van der Waals surface area (Å²) in [6.45, 7) is 0. The first-order chi connectivity index (χ1) is 29.2. The van der Waals surface area contributed by atoms with Gasteiger partial charge in [-0.15, -0.1) is 0 Å². The van der Waals surface area contributed by atoms with Gasteiger partial charge in [0.05, 0.1) is 5.52 Å². The van der Waals surface area contributed by atoms with Crippen LogP contribution in [0.3, 0.4) is 0 Å². The Hall–Kier alpha value is -8.02. The highest BCUT2D eigenvalue weighted by molar-refractivity contribution is 6.27. The van der Waals surface area contributed by atoms with Gasteiger partial charge < -0.3 is 4.42 Å². The van der Waals surface area contributed by atoms with Crippen LogP contribution in [0.1, 0.15) is 0 Å². The summed E-state index contributed by atoms with van der Waals surface area (Å²) in [6.07, 6.45) is 0. The first-order valence-electron chi connectivity index (χ1n) is 19.8. The average molecular weight is 753 g/mol. The summed E-state index contributed by atoms with van der Waals surface area (Å²) in [5.41, 5.74) is 9.22. The molecule has 5 nitrogen and oxygen atoms in total. The second kappa shape index (κ2) is 13.3. The van der Waals surface area contributed by atoms with Gasteiger partial charge in [0.2, 0.25) is 0 Å². The highest BCUT2D eigenvalue weighted by atomic mass is 16.3. The Morgan fingerprint density at radius 1 is 0.305 bits per heavy atom. The van der Waals surface area contributed by atoms with Gasteiger partial charge in [-0.1, -0.05) is 182 Å². The number of benzene rings is 9. The van der Waals surface area contributed by atoms with Gasteiger partial charge >= 0.3 is 0 Å². The van der Waals surface area contributed by atoms with Crippen molar-refractivity contribution in [2.75, 3.05) is 0 Å². The van der Waals surface area contributed by atoms with Crippen molar-refractivity contribution >= 4 is 65.2 Å². The van der Waals surface area contributed by atoms with E-state index in [0.717, 1.165) is 71.9 Å². The molecule has 0 N–H and O–H groups in total. The van der Waals surface area contributed by atoms with E-state index >= 15 is 0 Å². The SMILES string of the molecule is c1ccc(-c2nc(-c3ccccc3)nc(-c3ccc(-c4cccc5c4nc(-c4ccc6c7ccccc7c7ccccc7c6c4)c4oc6ccccc6c45)cc3)n2)cc1. The molecule has 0 aliphatic rings. The normalized spacial score (nSPS) is 11.7. The summed E-state index contributed by atoms with van der Waals surface area (Å²) >= 11 is 0. The van der Waals surface area contributed by atoms with E-state index in [1.807, 2.05) is 72.8 Å². The standard InChI is InChI=1S/C54H32N4O/c1-3-14-34(15-4-1)52-56-53(35-16-5-2-6-17-35)58-54(57-52)36-28-26-33(27-29-36)38-23-13-24-45-48-44-22-11-12-25-47(44)59-51(48)49(55-50(38)45)37-30-31-43-41-20-8-7-18-39(41)40-19-9-10-21-42(40)46(43)32-37/h1-32H. The summed E-state index contributed by atoms with van der Waals surface area (Å²) < 4.78 is 6.73. The fraction of sp³-hybridized carbons (Fsp3) is 0. The Kier molecular flexibility index (Phi) is 7.47. The largest absolute Gasteiger partial charge is 0.454 e. The lowest BCUT2D eigenvalue weighted by Gasteiger charge is -2.13. The molecule has 0 amide bonds. The van der Waals surface area contributed by atoms with Gasteiger partial charge in [-0.2, -0.15) is 0 Å². The molecular formula is C54H32N4O. The number of pyridine rings is 1. The fourth-order valence-corrected chi connectivity index (χ4v) is 8.73. The molecule has 5 heteroatoms. The van der Waals surface area contributed by atoms with E-state index in [0.29, 0.717) is 17.5 Å². The van der Waals surface area contributed by atoms with E-state index in [4.69, 9.17) is 24.4 Å².